The number of hydrogen-bond acceptors (Lipinski definition) is 4. The van der Waals surface area contributed by atoms with Crippen molar-refractivity contribution in [2.75, 3.05) is 6.61 Å². The van der Waals surface area contributed by atoms with Gasteiger partial charge < -0.3 is 9.84 Å². The van der Waals surface area contributed by atoms with Crippen LogP contribution in [-0.4, -0.2) is 21.9 Å². The molecule has 0 radical (unpaired) electrons. The molecule has 0 atom stereocenters. The molecule has 0 saturated carbocycles. The van der Waals surface area contributed by atoms with Crippen molar-refractivity contribution in [2.45, 2.75) is 25.9 Å². The third-order valence-corrected chi connectivity index (χ3v) is 4.07. The first kappa shape index (κ1) is 17.1. The summed E-state index contributed by atoms with van der Waals surface area (Å²) in [5, 5.41) is 17.6. The highest BCUT2D eigenvalue weighted by atomic mass is 16.5. The van der Waals surface area contributed by atoms with Gasteiger partial charge >= 0.3 is 0 Å². The van der Waals surface area contributed by atoms with Gasteiger partial charge in [-0.3, -0.25) is 0 Å². The quantitative estimate of drug-likeness (QED) is 0.686. The van der Waals surface area contributed by atoms with Crippen molar-refractivity contribution in [1.82, 2.24) is 10.2 Å². The first-order valence-corrected chi connectivity index (χ1v) is 8.52. The number of aromatic nitrogens is 2. The number of aliphatic hydroxyl groups excluding tert-OH is 1. The summed E-state index contributed by atoms with van der Waals surface area (Å²) in [5.41, 5.74) is 4.49. The molecule has 0 unspecified atom stereocenters. The highest BCUT2D eigenvalue weighted by Gasteiger charge is 2.04. The molecule has 1 N–H and O–H groups in total. The standard InChI is InChI=1S/C21H22N2O2/c24-15-14-19-9-5-4-8-18(19)10-11-20-12-13-21(23-22-20)25-16-17-6-2-1-3-7-17/h1-9,12-13,24H,10-11,14-16H2. The van der Waals surface area contributed by atoms with Crippen molar-refractivity contribution in [3.63, 3.8) is 0 Å². The van der Waals surface area contributed by atoms with E-state index in [0.29, 0.717) is 18.9 Å². The first-order valence-electron chi connectivity index (χ1n) is 8.52. The lowest BCUT2D eigenvalue weighted by molar-refractivity contribution is 0.290. The summed E-state index contributed by atoms with van der Waals surface area (Å²) in [6.07, 6.45) is 2.39. The van der Waals surface area contributed by atoms with Crippen molar-refractivity contribution in [1.29, 1.82) is 0 Å². The van der Waals surface area contributed by atoms with Crippen LogP contribution in [-0.2, 0) is 25.9 Å². The van der Waals surface area contributed by atoms with Gasteiger partial charge in [-0.2, -0.15) is 5.10 Å². The monoisotopic (exact) mass is 334 g/mol. The van der Waals surface area contributed by atoms with Crippen LogP contribution in [0.2, 0.25) is 0 Å². The number of aliphatic hydroxyl groups is 1. The largest absolute Gasteiger partial charge is 0.472 e. The lowest BCUT2D eigenvalue weighted by atomic mass is 10.00. The zero-order valence-electron chi connectivity index (χ0n) is 14.1. The molecule has 1 heterocycles. The van der Waals surface area contributed by atoms with E-state index in [9.17, 15) is 0 Å². The summed E-state index contributed by atoms with van der Waals surface area (Å²) in [6.45, 7) is 0.660. The number of ether oxygens (including phenoxy) is 1. The van der Waals surface area contributed by atoms with E-state index in [2.05, 4.69) is 22.3 Å². The minimum Gasteiger partial charge on any atom is -0.472 e. The van der Waals surface area contributed by atoms with Crippen molar-refractivity contribution < 1.29 is 9.84 Å². The SMILES string of the molecule is OCCc1ccccc1CCc1ccc(OCc2ccccc2)nn1. The Morgan fingerprint density at radius 1 is 0.720 bits per heavy atom. The molecule has 128 valence electrons. The van der Waals surface area contributed by atoms with Crippen LogP contribution in [0.5, 0.6) is 5.88 Å². The smallest absolute Gasteiger partial charge is 0.233 e. The number of hydrogen-bond donors (Lipinski definition) is 1. The summed E-state index contributed by atoms with van der Waals surface area (Å²) in [7, 11) is 0. The molecule has 0 bridgehead atoms. The van der Waals surface area contributed by atoms with Crippen LogP contribution in [0, 0.1) is 0 Å². The molecular formula is C21H22N2O2. The fourth-order valence-electron chi connectivity index (χ4n) is 2.72. The summed E-state index contributed by atoms with van der Waals surface area (Å²) in [5.74, 6) is 0.535. The minimum atomic E-state index is 0.171. The number of benzene rings is 2. The summed E-state index contributed by atoms with van der Waals surface area (Å²) >= 11 is 0. The molecule has 0 spiro atoms. The van der Waals surface area contributed by atoms with Crippen LogP contribution in [0.1, 0.15) is 22.4 Å². The van der Waals surface area contributed by atoms with E-state index in [1.54, 1.807) is 0 Å². The Labute approximate surface area is 148 Å². The van der Waals surface area contributed by atoms with Crippen LogP contribution in [0.3, 0.4) is 0 Å². The molecule has 0 saturated heterocycles. The molecule has 4 heteroatoms. The Morgan fingerprint density at radius 3 is 2.12 bits per heavy atom. The third-order valence-electron chi connectivity index (χ3n) is 4.07. The molecular weight excluding hydrogens is 312 g/mol. The zero-order chi connectivity index (χ0) is 17.3. The molecule has 2 aromatic carbocycles. The Hall–Kier alpha value is -2.72. The second-order valence-electron chi connectivity index (χ2n) is 5.88. The molecule has 4 nitrogen and oxygen atoms in total. The molecule has 3 rings (SSSR count). The van der Waals surface area contributed by atoms with E-state index in [4.69, 9.17) is 9.84 Å². The molecule has 0 aliphatic rings. The average molecular weight is 334 g/mol. The number of rotatable bonds is 8. The lowest BCUT2D eigenvalue weighted by Gasteiger charge is -2.08. The first-order chi connectivity index (χ1) is 12.3. The van der Waals surface area contributed by atoms with Gasteiger partial charge in [-0.05, 0) is 42.0 Å². The fourth-order valence-corrected chi connectivity index (χ4v) is 2.72. The summed E-state index contributed by atoms with van der Waals surface area (Å²) in [4.78, 5) is 0. The molecule has 0 aliphatic heterocycles. The van der Waals surface area contributed by atoms with Crippen molar-refractivity contribution >= 4 is 0 Å². The van der Waals surface area contributed by atoms with Gasteiger partial charge in [-0.25, -0.2) is 0 Å². The van der Waals surface area contributed by atoms with Gasteiger partial charge in [0.1, 0.15) is 6.61 Å². The average Bonchev–Trinajstić information content (AvgIpc) is 2.68. The predicted octanol–water partition coefficient (Wildman–Crippen LogP) is 3.38. The Bertz CT molecular complexity index is 773. The van der Waals surface area contributed by atoms with Gasteiger partial charge in [-0.15, -0.1) is 5.10 Å². The number of nitrogens with zero attached hydrogens (tertiary/aromatic N) is 2. The summed E-state index contributed by atoms with van der Waals surface area (Å²) < 4.78 is 5.66. The normalized spacial score (nSPS) is 10.6. The van der Waals surface area contributed by atoms with E-state index in [1.807, 2.05) is 54.6 Å². The van der Waals surface area contributed by atoms with E-state index in [0.717, 1.165) is 24.1 Å². The van der Waals surface area contributed by atoms with Gasteiger partial charge in [0.15, 0.2) is 0 Å². The van der Waals surface area contributed by atoms with Crippen molar-refractivity contribution in [3.8, 4) is 5.88 Å². The highest BCUT2D eigenvalue weighted by molar-refractivity contribution is 5.28. The maximum Gasteiger partial charge on any atom is 0.233 e. The van der Waals surface area contributed by atoms with Crippen LogP contribution in [0.25, 0.3) is 0 Å². The van der Waals surface area contributed by atoms with Crippen molar-refractivity contribution in [2.24, 2.45) is 0 Å². The van der Waals surface area contributed by atoms with Crippen molar-refractivity contribution in [3.05, 3.63) is 89.1 Å². The summed E-state index contributed by atoms with van der Waals surface area (Å²) in [6, 6.07) is 22.0. The molecule has 25 heavy (non-hydrogen) atoms. The fraction of sp³-hybridized carbons (Fsp3) is 0.238. The lowest BCUT2D eigenvalue weighted by Crippen LogP contribution is -2.03. The highest BCUT2D eigenvalue weighted by Crippen LogP contribution is 2.14. The van der Waals surface area contributed by atoms with Crippen LogP contribution < -0.4 is 4.74 Å². The number of aryl methyl sites for hydroxylation is 2. The maximum absolute atomic E-state index is 9.16. The second kappa shape index (κ2) is 8.94. The Kier molecular flexibility index (Phi) is 6.12. The third kappa shape index (κ3) is 5.13. The zero-order valence-corrected chi connectivity index (χ0v) is 14.1. The molecule has 0 amide bonds. The maximum atomic E-state index is 9.16. The van der Waals surface area contributed by atoms with Gasteiger partial charge in [0, 0.05) is 12.7 Å². The molecule has 3 aromatic rings. The Balaban J connectivity index is 1.54. The molecule has 0 aliphatic carbocycles. The second-order valence-corrected chi connectivity index (χ2v) is 5.88. The van der Waals surface area contributed by atoms with Gasteiger partial charge in [0.2, 0.25) is 5.88 Å². The Morgan fingerprint density at radius 2 is 1.44 bits per heavy atom. The van der Waals surface area contributed by atoms with E-state index >= 15 is 0 Å². The van der Waals surface area contributed by atoms with E-state index < -0.39 is 0 Å². The topological polar surface area (TPSA) is 55.2 Å². The minimum absolute atomic E-state index is 0.171. The molecule has 0 fully saturated rings. The van der Waals surface area contributed by atoms with Gasteiger partial charge in [0.25, 0.3) is 0 Å². The molecule has 1 aromatic heterocycles. The van der Waals surface area contributed by atoms with E-state index in [-0.39, 0.29) is 6.61 Å². The van der Waals surface area contributed by atoms with Crippen LogP contribution >= 0.6 is 0 Å². The predicted molar refractivity (Wildman–Crippen MR) is 97.4 cm³/mol. The van der Waals surface area contributed by atoms with Crippen LogP contribution in [0.15, 0.2) is 66.7 Å². The van der Waals surface area contributed by atoms with E-state index in [1.165, 1.54) is 11.1 Å². The van der Waals surface area contributed by atoms with Gasteiger partial charge in [-0.1, -0.05) is 54.6 Å². The van der Waals surface area contributed by atoms with Crippen LogP contribution in [0.4, 0.5) is 0 Å². The van der Waals surface area contributed by atoms with Gasteiger partial charge in [0.05, 0.1) is 5.69 Å².